The van der Waals surface area contributed by atoms with Gasteiger partial charge in [0.25, 0.3) is 10.1 Å². The van der Waals surface area contributed by atoms with E-state index in [1.54, 1.807) is 24.3 Å². The summed E-state index contributed by atoms with van der Waals surface area (Å²) < 4.78 is 29.3. The Labute approximate surface area is 88.7 Å². The van der Waals surface area contributed by atoms with E-state index in [1.807, 2.05) is 6.07 Å². The van der Waals surface area contributed by atoms with Crippen LogP contribution in [-0.2, 0) is 10.1 Å². The fourth-order valence-corrected chi connectivity index (χ4v) is 1.62. The van der Waals surface area contributed by atoms with Gasteiger partial charge in [0.2, 0.25) is 0 Å². The average molecular weight is 231 g/mol. The second-order valence-corrected chi connectivity index (χ2v) is 4.67. The third-order valence-electron chi connectivity index (χ3n) is 1.83. The molecule has 0 saturated heterocycles. The topological polar surface area (TPSA) is 77.8 Å². The second-order valence-electron chi connectivity index (χ2n) is 3.10. The maximum absolute atomic E-state index is 10.4. The molecule has 6 heteroatoms. The monoisotopic (exact) mass is 231 g/mol. The predicted molar refractivity (Wildman–Crippen MR) is 56.6 cm³/mol. The van der Waals surface area contributed by atoms with Crippen LogP contribution in [-0.4, -0.2) is 30.5 Å². The fourth-order valence-electron chi connectivity index (χ4n) is 1.13. The Kier molecular flexibility index (Phi) is 4.07. The van der Waals surface area contributed by atoms with Crippen LogP contribution in [0.4, 0.5) is 5.69 Å². The predicted octanol–water partition coefficient (Wildman–Crippen LogP) is 1.16. The summed E-state index contributed by atoms with van der Waals surface area (Å²) in [6.45, 7) is 0.157. The SMILES string of the molecule is O=S(=O)(O)CCCN(O)c1ccccc1. The van der Waals surface area contributed by atoms with Gasteiger partial charge in [-0.1, -0.05) is 18.2 Å². The summed E-state index contributed by atoms with van der Waals surface area (Å²) in [6.07, 6.45) is 0.171. The first kappa shape index (κ1) is 12.0. The van der Waals surface area contributed by atoms with Crippen molar-refractivity contribution >= 4 is 15.8 Å². The van der Waals surface area contributed by atoms with Gasteiger partial charge in [-0.05, 0) is 18.6 Å². The van der Waals surface area contributed by atoms with Gasteiger partial charge in [0.1, 0.15) is 0 Å². The molecule has 0 aliphatic rings. The minimum absolute atomic E-state index is 0.157. The van der Waals surface area contributed by atoms with E-state index in [0.29, 0.717) is 5.69 Å². The molecular weight excluding hydrogens is 218 g/mol. The highest BCUT2D eigenvalue weighted by atomic mass is 32.2. The van der Waals surface area contributed by atoms with Crippen LogP contribution >= 0.6 is 0 Å². The zero-order valence-corrected chi connectivity index (χ0v) is 8.89. The van der Waals surface area contributed by atoms with Crippen molar-refractivity contribution in [2.75, 3.05) is 17.4 Å². The van der Waals surface area contributed by atoms with Crippen molar-refractivity contribution in [1.29, 1.82) is 0 Å². The Morgan fingerprint density at radius 1 is 1.20 bits per heavy atom. The molecule has 0 atom stereocenters. The van der Waals surface area contributed by atoms with Gasteiger partial charge in [0.05, 0.1) is 11.4 Å². The van der Waals surface area contributed by atoms with E-state index in [9.17, 15) is 13.6 Å². The first-order valence-electron chi connectivity index (χ1n) is 4.46. The van der Waals surface area contributed by atoms with Gasteiger partial charge in [-0.3, -0.25) is 14.8 Å². The Hall–Kier alpha value is -1.11. The molecule has 1 rings (SSSR count). The van der Waals surface area contributed by atoms with E-state index < -0.39 is 10.1 Å². The van der Waals surface area contributed by atoms with Crippen LogP contribution in [0, 0.1) is 0 Å². The molecule has 0 saturated carbocycles. The molecule has 0 heterocycles. The van der Waals surface area contributed by atoms with E-state index in [0.717, 1.165) is 5.06 Å². The third kappa shape index (κ3) is 4.78. The molecule has 0 aromatic heterocycles. The summed E-state index contributed by atoms with van der Waals surface area (Å²) in [6, 6.07) is 8.75. The number of anilines is 1. The second kappa shape index (κ2) is 5.11. The zero-order chi connectivity index (χ0) is 11.3. The average Bonchev–Trinajstić information content (AvgIpc) is 2.17. The molecule has 5 nitrogen and oxygen atoms in total. The maximum atomic E-state index is 10.4. The normalized spacial score (nSPS) is 11.3. The van der Waals surface area contributed by atoms with E-state index in [1.165, 1.54) is 0 Å². The van der Waals surface area contributed by atoms with Crippen LogP contribution < -0.4 is 5.06 Å². The number of rotatable bonds is 5. The maximum Gasteiger partial charge on any atom is 0.264 e. The van der Waals surface area contributed by atoms with Gasteiger partial charge >= 0.3 is 0 Å². The third-order valence-corrected chi connectivity index (χ3v) is 2.63. The Morgan fingerprint density at radius 2 is 1.80 bits per heavy atom. The van der Waals surface area contributed by atoms with Crippen LogP contribution in [0.2, 0.25) is 0 Å². The first-order valence-corrected chi connectivity index (χ1v) is 6.06. The molecule has 0 bridgehead atoms. The van der Waals surface area contributed by atoms with E-state index in [-0.39, 0.29) is 18.7 Å². The molecule has 0 aliphatic heterocycles. The largest absolute Gasteiger partial charge is 0.288 e. The van der Waals surface area contributed by atoms with Crippen LogP contribution in [0.3, 0.4) is 0 Å². The van der Waals surface area contributed by atoms with Crippen molar-refractivity contribution in [3.8, 4) is 0 Å². The molecule has 0 spiro atoms. The van der Waals surface area contributed by atoms with Gasteiger partial charge in [-0.15, -0.1) is 0 Å². The molecular formula is C9H13NO4S. The van der Waals surface area contributed by atoms with Crippen molar-refractivity contribution in [2.24, 2.45) is 0 Å². The van der Waals surface area contributed by atoms with Crippen LogP contribution in [0.5, 0.6) is 0 Å². The number of nitrogens with zero attached hydrogens (tertiary/aromatic N) is 1. The lowest BCUT2D eigenvalue weighted by Gasteiger charge is -2.15. The van der Waals surface area contributed by atoms with Gasteiger partial charge < -0.3 is 0 Å². The molecule has 15 heavy (non-hydrogen) atoms. The van der Waals surface area contributed by atoms with Crippen LogP contribution in [0.25, 0.3) is 0 Å². The summed E-state index contributed by atoms with van der Waals surface area (Å²) in [7, 11) is -3.94. The molecule has 0 unspecified atom stereocenters. The highest BCUT2D eigenvalue weighted by molar-refractivity contribution is 7.85. The number of benzene rings is 1. The van der Waals surface area contributed by atoms with E-state index >= 15 is 0 Å². The van der Waals surface area contributed by atoms with Crippen LogP contribution in [0.1, 0.15) is 6.42 Å². The van der Waals surface area contributed by atoms with Crippen molar-refractivity contribution in [3.63, 3.8) is 0 Å². The molecule has 1 aromatic carbocycles. The summed E-state index contributed by atoms with van der Waals surface area (Å²) in [5.74, 6) is -0.350. The fraction of sp³-hybridized carbons (Fsp3) is 0.333. The summed E-state index contributed by atoms with van der Waals surface area (Å²) in [4.78, 5) is 0. The lowest BCUT2D eigenvalue weighted by atomic mass is 10.3. The van der Waals surface area contributed by atoms with Crippen molar-refractivity contribution in [1.82, 2.24) is 0 Å². The molecule has 0 aliphatic carbocycles. The quantitative estimate of drug-likeness (QED) is 0.587. The van der Waals surface area contributed by atoms with Crippen molar-refractivity contribution in [2.45, 2.75) is 6.42 Å². The highest BCUT2D eigenvalue weighted by Crippen LogP contribution is 2.10. The van der Waals surface area contributed by atoms with Gasteiger partial charge in [-0.25, -0.2) is 0 Å². The molecule has 0 amide bonds. The minimum atomic E-state index is -3.94. The lowest BCUT2D eigenvalue weighted by molar-refractivity contribution is 0.254. The molecule has 0 radical (unpaired) electrons. The van der Waals surface area contributed by atoms with Crippen molar-refractivity contribution < 1.29 is 18.2 Å². The number of para-hydroxylation sites is 1. The summed E-state index contributed by atoms with van der Waals surface area (Å²) in [5, 5.41) is 10.4. The summed E-state index contributed by atoms with van der Waals surface area (Å²) >= 11 is 0. The molecule has 0 fully saturated rings. The van der Waals surface area contributed by atoms with E-state index in [4.69, 9.17) is 4.55 Å². The highest BCUT2D eigenvalue weighted by Gasteiger charge is 2.06. The molecule has 84 valence electrons. The molecule has 2 N–H and O–H groups in total. The van der Waals surface area contributed by atoms with Gasteiger partial charge in [0.15, 0.2) is 0 Å². The number of hydrogen-bond donors (Lipinski definition) is 2. The Balaban J connectivity index is 2.41. The zero-order valence-electron chi connectivity index (χ0n) is 8.07. The van der Waals surface area contributed by atoms with Crippen molar-refractivity contribution in [3.05, 3.63) is 30.3 Å². The lowest BCUT2D eigenvalue weighted by Crippen LogP contribution is -2.21. The van der Waals surface area contributed by atoms with Gasteiger partial charge in [-0.2, -0.15) is 8.42 Å². The smallest absolute Gasteiger partial charge is 0.264 e. The number of hydroxylamine groups is 1. The van der Waals surface area contributed by atoms with Gasteiger partial charge in [0, 0.05) is 6.54 Å². The summed E-state index contributed by atoms with van der Waals surface area (Å²) in [5.41, 5.74) is 0.591. The first-order chi connectivity index (χ1) is 6.99. The van der Waals surface area contributed by atoms with Crippen LogP contribution in [0.15, 0.2) is 30.3 Å². The standard InChI is InChI=1S/C9H13NO4S/c11-10(7-4-8-15(12,13)14)9-5-2-1-3-6-9/h1-3,5-6,11H,4,7-8H2,(H,12,13,14). The number of hydrogen-bond acceptors (Lipinski definition) is 4. The van der Waals surface area contributed by atoms with E-state index in [2.05, 4.69) is 0 Å². The Morgan fingerprint density at radius 3 is 2.33 bits per heavy atom. The minimum Gasteiger partial charge on any atom is -0.288 e. The Bertz CT molecular complexity index is 390. The molecule has 1 aromatic rings.